The van der Waals surface area contributed by atoms with Crippen LogP contribution in [0.4, 0.5) is 19.0 Å². The number of aliphatic hydroxyl groups is 1. The fraction of sp³-hybridized carbons (Fsp3) is 0.320. The molecule has 0 unspecified atom stereocenters. The van der Waals surface area contributed by atoms with Gasteiger partial charge in [0.25, 0.3) is 5.91 Å². The van der Waals surface area contributed by atoms with Crippen LogP contribution >= 0.6 is 0 Å². The molecular formula is C25H25F3N4O4. The smallest absolute Gasteiger partial charge is 0.436 e. The van der Waals surface area contributed by atoms with Gasteiger partial charge in [-0.15, -0.1) is 0 Å². The van der Waals surface area contributed by atoms with Crippen LogP contribution in [0.5, 0.6) is 0 Å². The number of rotatable bonds is 7. The van der Waals surface area contributed by atoms with Gasteiger partial charge >= 0.3 is 12.1 Å². The highest BCUT2D eigenvalue weighted by Gasteiger charge is 2.44. The number of ether oxygens (including phenoxy) is 1. The van der Waals surface area contributed by atoms with Crippen LogP contribution in [-0.4, -0.2) is 40.4 Å². The first-order valence-electron chi connectivity index (χ1n) is 11.2. The van der Waals surface area contributed by atoms with Gasteiger partial charge in [0.15, 0.2) is 5.69 Å². The lowest BCUT2D eigenvalue weighted by molar-refractivity contribution is -0.141. The molecule has 0 saturated heterocycles. The van der Waals surface area contributed by atoms with E-state index >= 15 is 0 Å². The van der Waals surface area contributed by atoms with E-state index in [-0.39, 0.29) is 25.5 Å². The Hall–Kier alpha value is -3.86. The fourth-order valence-electron chi connectivity index (χ4n) is 4.24. The summed E-state index contributed by atoms with van der Waals surface area (Å²) < 4.78 is 47.5. The maximum Gasteiger partial charge on any atom is 0.436 e. The van der Waals surface area contributed by atoms with Crippen LogP contribution in [0.3, 0.4) is 0 Å². The Morgan fingerprint density at radius 3 is 2.47 bits per heavy atom. The number of nitrogens with zero attached hydrogens (tertiary/aromatic N) is 3. The van der Waals surface area contributed by atoms with E-state index in [1.54, 1.807) is 42.2 Å². The molecule has 1 aliphatic rings. The normalized spacial score (nSPS) is 13.9. The van der Waals surface area contributed by atoms with E-state index in [9.17, 15) is 27.9 Å². The minimum absolute atomic E-state index is 0.0995. The number of hydrogen-bond acceptors (Lipinski definition) is 6. The number of aromatic nitrogens is 2. The van der Waals surface area contributed by atoms with Crippen molar-refractivity contribution in [3.63, 3.8) is 0 Å². The second-order valence-corrected chi connectivity index (χ2v) is 8.48. The van der Waals surface area contributed by atoms with E-state index < -0.39 is 35.4 Å². The van der Waals surface area contributed by atoms with Crippen molar-refractivity contribution in [1.82, 2.24) is 15.1 Å². The molecule has 8 nitrogen and oxygen atoms in total. The standard InChI is InChI=1S/C25H25F3N4O4/c1-15(18-6-8-19(9-7-18)24(35)36-2)29-22(34)20-21(25(26,27)28)30-32-11-10-31(23(20)32)13-16-4-3-5-17(12-16)14-33/h3-9,12,15,33H,10-11,13-14H2,1-2H3,(H,29,34)/t15-/m0/s1. The number of benzene rings is 2. The number of halogens is 3. The second kappa shape index (κ2) is 10.0. The molecule has 0 aliphatic carbocycles. The number of methoxy groups -OCH3 is 1. The minimum Gasteiger partial charge on any atom is -0.465 e. The Labute approximate surface area is 205 Å². The Bertz CT molecular complexity index is 1270. The van der Waals surface area contributed by atoms with E-state index in [4.69, 9.17) is 0 Å². The van der Waals surface area contributed by atoms with Crippen molar-refractivity contribution >= 4 is 17.7 Å². The van der Waals surface area contributed by atoms with Crippen LogP contribution in [0.15, 0.2) is 48.5 Å². The van der Waals surface area contributed by atoms with Crippen molar-refractivity contribution in [2.24, 2.45) is 0 Å². The van der Waals surface area contributed by atoms with Crippen LogP contribution in [-0.2, 0) is 30.6 Å². The lowest BCUT2D eigenvalue weighted by atomic mass is 10.1. The van der Waals surface area contributed by atoms with Gasteiger partial charge in [0.05, 0.1) is 31.9 Å². The summed E-state index contributed by atoms with van der Waals surface area (Å²) in [6.45, 7) is 2.32. The van der Waals surface area contributed by atoms with Gasteiger partial charge in [0.2, 0.25) is 0 Å². The molecule has 1 aliphatic heterocycles. The Morgan fingerprint density at radius 1 is 1.14 bits per heavy atom. The largest absolute Gasteiger partial charge is 0.465 e. The zero-order chi connectivity index (χ0) is 26.0. The summed E-state index contributed by atoms with van der Waals surface area (Å²) in [5.41, 5.74) is 0.616. The minimum atomic E-state index is -4.82. The van der Waals surface area contributed by atoms with Crippen molar-refractivity contribution in [1.29, 1.82) is 0 Å². The van der Waals surface area contributed by atoms with E-state index in [0.29, 0.717) is 23.2 Å². The van der Waals surface area contributed by atoms with E-state index in [2.05, 4.69) is 15.2 Å². The van der Waals surface area contributed by atoms with Crippen LogP contribution in [0, 0.1) is 0 Å². The zero-order valence-corrected chi connectivity index (χ0v) is 19.7. The highest BCUT2D eigenvalue weighted by Crippen LogP contribution is 2.38. The number of nitrogens with one attached hydrogen (secondary N) is 1. The van der Waals surface area contributed by atoms with Gasteiger partial charge in [0.1, 0.15) is 11.4 Å². The number of anilines is 1. The number of amides is 1. The second-order valence-electron chi connectivity index (χ2n) is 8.48. The van der Waals surface area contributed by atoms with Crippen molar-refractivity contribution in [3.8, 4) is 0 Å². The first-order valence-corrected chi connectivity index (χ1v) is 11.2. The van der Waals surface area contributed by atoms with Crippen molar-refractivity contribution in [3.05, 3.63) is 82.0 Å². The lowest BCUT2D eigenvalue weighted by Crippen LogP contribution is -2.31. The Kier molecular flexibility index (Phi) is 7.02. The maximum absolute atomic E-state index is 13.9. The summed E-state index contributed by atoms with van der Waals surface area (Å²) in [5, 5.41) is 15.8. The average molecular weight is 502 g/mol. The predicted octanol–water partition coefficient (Wildman–Crippen LogP) is 3.69. The molecule has 0 bridgehead atoms. The van der Waals surface area contributed by atoms with Crippen LogP contribution in [0.25, 0.3) is 0 Å². The first kappa shape index (κ1) is 25.2. The van der Waals surface area contributed by atoms with Crippen LogP contribution in [0.1, 0.15) is 56.1 Å². The number of esters is 1. The third-order valence-corrected chi connectivity index (χ3v) is 6.03. The van der Waals surface area contributed by atoms with Gasteiger partial charge in [-0.3, -0.25) is 4.79 Å². The van der Waals surface area contributed by atoms with Gasteiger partial charge in [-0.25, -0.2) is 9.48 Å². The third kappa shape index (κ3) is 5.06. The van der Waals surface area contributed by atoms with Crippen molar-refractivity contribution < 1.29 is 32.6 Å². The topological polar surface area (TPSA) is 96.7 Å². The maximum atomic E-state index is 13.9. The van der Waals surface area contributed by atoms with Crippen LogP contribution < -0.4 is 10.2 Å². The highest BCUT2D eigenvalue weighted by molar-refractivity contribution is 6.01. The molecule has 0 radical (unpaired) electrons. The van der Waals surface area contributed by atoms with Gasteiger partial charge in [-0.1, -0.05) is 36.4 Å². The van der Waals surface area contributed by atoms with E-state index in [1.807, 2.05) is 6.07 Å². The summed E-state index contributed by atoms with van der Waals surface area (Å²) in [7, 11) is 1.26. The quantitative estimate of drug-likeness (QED) is 0.479. The lowest BCUT2D eigenvalue weighted by Gasteiger charge is -2.21. The molecular weight excluding hydrogens is 477 g/mol. The monoisotopic (exact) mass is 502 g/mol. The molecule has 11 heteroatoms. The first-order chi connectivity index (χ1) is 17.1. The third-order valence-electron chi connectivity index (χ3n) is 6.03. The molecule has 0 saturated carbocycles. The molecule has 2 N–H and O–H groups in total. The zero-order valence-electron chi connectivity index (χ0n) is 19.7. The predicted molar refractivity (Wildman–Crippen MR) is 124 cm³/mol. The summed E-state index contributed by atoms with van der Waals surface area (Å²) >= 11 is 0. The summed E-state index contributed by atoms with van der Waals surface area (Å²) in [6.07, 6.45) is -4.82. The molecule has 2 heterocycles. The summed E-state index contributed by atoms with van der Waals surface area (Å²) in [4.78, 5) is 26.6. The fourth-order valence-corrected chi connectivity index (χ4v) is 4.24. The van der Waals surface area contributed by atoms with Crippen molar-refractivity contribution in [2.45, 2.75) is 38.8 Å². The van der Waals surface area contributed by atoms with E-state index in [1.165, 1.54) is 23.9 Å². The van der Waals surface area contributed by atoms with E-state index in [0.717, 1.165) is 5.56 Å². The highest BCUT2D eigenvalue weighted by atomic mass is 19.4. The molecule has 190 valence electrons. The van der Waals surface area contributed by atoms with Crippen molar-refractivity contribution in [2.75, 3.05) is 18.6 Å². The molecule has 1 aromatic heterocycles. The molecule has 1 atom stereocenters. The molecule has 4 rings (SSSR count). The Morgan fingerprint density at radius 2 is 1.83 bits per heavy atom. The van der Waals surface area contributed by atoms with Gasteiger partial charge < -0.3 is 20.1 Å². The number of alkyl halides is 3. The Balaban J connectivity index is 1.62. The van der Waals surface area contributed by atoms with Crippen LogP contribution in [0.2, 0.25) is 0 Å². The molecule has 0 fully saturated rings. The van der Waals surface area contributed by atoms with Gasteiger partial charge in [0, 0.05) is 13.1 Å². The molecule has 36 heavy (non-hydrogen) atoms. The summed E-state index contributed by atoms with van der Waals surface area (Å²) in [6, 6.07) is 12.7. The number of carbonyl (C=O) groups excluding carboxylic acids is 2. The number of aliphatic hydroxyl groups excluding tert-OH is 1. The molecule has 2 aromatic carbocycles. The SMILES string of the molecule is COC(=O)c1ccc([C@H](C)NC(=O)c2c(C(F)(F)F)nn3c2N(Cc2cccc(CO)c2)CC3)cc1. The molecule has 1 amide bonds. The van der Waals surface area contributed by atoms with Gasteiger partial charge in [-0.05, 0) is 35.7 Å². The number of carbonyl (C=O) groups is 2. The molecule has 3 aromatic rings. The number of fused-ring (bicyclic) bond motifs is 1. The average Bonchev–Trinajstić information content (AvgIpc) is 3.44. The summed E-state index contributed by atoms with van der Waals surface area (Å²) in [5.74, 6) is -1.32. The van der Waals surface area contributed by atoms with Gasteiger partial charge in [-0.2, -0.15) is 18.3 Å². The number of hydrogen-bond donors (Lipinski definition) is 2. The molecule has 0 spiro atoms.